The highest BCUT2D eigenvalue weighted by molar-refractivity contribution is 5.94. The Morgan fingerprint density at radius 3 is 2.16 bits per heavy atom. The monoisotopic (exact) mass is 371 g/mol. The highest BCUT2D eigenvalue weighted by Crippen LogP contribution is 2.28. The third-order valence-corrected chi connectivity index (χ3v) is 5.12. The number of piperazine rings is 1. The summed E-state index contributed by atoms with van der Waals surface area (Å²) in [5.74, 6) is -0.543. The molecule has 1 aliphatic rings. The predicted molar refractivity (Wildman–Crippen MR) is 98.2 cm³/mol. The molecule has 1 saturated heterocycles. The number of nitrogens with two attached hydrogens (primary N) is 1. The van der Waals surface area contributed by atoms with Crippen LogP contribution in [0.1, 0.15) is 37.0 Å². The molecule has 0 spiro atoms. The number of nitrogens with zero attached hydrogens (tertiary/aromatic N) is 2. The number of rotatable bonds is 5. The van der Waals surface area contributed by atoms with Gasteiger partial charge in [-0.05, 0) is 31.0 Å². The number of carbonyl (C=O) groups is 2. The lowest BCUT2D eigenvalue weighted by atomic mass is 9.81. The summed E-state index contributed by atoms with van der Waals surface area (Å²) < 4.78 is 13.3. The zero-order valence-electron chi connectivity index (χ0n) is 14.8. The van der Waals surface area contributed by atoms with E-state index in [2.05, 4.69) is 0 Å². The Hall–Kier alpha value is -1.66. The van der Waals surface area contributed by atoms with E-state index in [9.17, 15) is 14.0 Å². The second-order valence-electron chi connectivity index (χ2n) is 6.29. The van der Waals surface area contributed by atoms with Crippen molar-refractivity contribution in [1.29, 1.82) is 0 Å². The van der Waals surface area contributed by atoms with Gasteiger partial charge in [0.15, 0.2) is 0 Å². The van der Waals surface area contributed by atoms with E-state index in [0.29, 0.717) is 51.1 Å². The quantitative estimate of drug-likeness (QED) is 0.863. The van der Waals surface area contributed by atoms with E-state index >= 15 is 0 Å². The summed E-state index contributed by atoms with van der Waals surface area (Å²) >= 11 is 0. The van der Waals surface area contributed by atoms with Crippen molar-refractivity contribution in [2.75, 3.05) is 32.7 Å². The van der Waals surface area contributed by atoms with E-state index in [1.165, 1.54) is 18.2 Å². The zero-order chi connectivity index (χ0) is 17.7. The largest absolute Gasteiger partial charge is 0.339 e. The highest BCUT2D eigenvalue weighted by Gasteiger charge is 2.38. The minimum Gasteiger partial charge on any atom is -0.339 e. The maximum Gasteiger partial charge on any atom is 0.254 e. The Kier molecular flexibility index (Phi) is 7.83. The zero-order valence-corrected chi connectivity index (χ0v) is 15.7. The van der Waals surface area contributed by atoms with Gasteiger partial charge in [0.25, 0.3) is 5.91 Å². The Labute approximate surface area is 154 Å². The van der Waals surface area contributed by atoms with Gasteiger partial charge in [-0.2, -0.15) is 0 Å². The van der Waals surface area contributed by atoms with Crippen LogP contribution in [-0.2, 0) is 4.79 Å². The molecular formula is C18H27ClFN3O2. The first-order valence-electron chi connectivity index (χ1n) is 8.51. The molecular weight excluding hydrogens is 345 g/mol. The van der Waals surface area contributed by atoms with Gasteiger partial charge in [0.1, 0.15) is 5.82 Å². The molecule has 1 aromatic carbocycles. The van der Waals surface area contributed by atoms with Gasteiger partial charge in [0.05, 0.1) is 5.41 Å². The van der Waals surface area contributed by atoms with Crippen LogP contribution >= 0.6 is 12.4 Å². The van der Waals surface area contributed by atoms with Crippen molar-refractivity contribution in [3.63, 3.8) is 0 Å². The Bertz CT molecular complexity index is 591. The molecule has 2 rings (SSSR count). The Balaban J connectivity index is 0.00000312. The summed E-state index contributed by atoms with van der Waals surface area (Å²) in [7, 11) is 0. The average Bonchev–Trinajstić information content (AvgIpc) is 2.63. The van der Waals surface area contributed by atoms with E-state index in [1.54, 1.807) is 15.9 Å². The summed E-state index contributed by atoms with van der Waals surface area (Å²) in [5.41, 5.74) is 5.69. The molecule has 1 heterocycles. The van der Waals surface area contributed by atoms with Crippen LogP contribution in [0.25, 0.3) is 0 Å². The summed E-state index contributed by atoms with van der Waals surface area (Å²) in [6.07, 6.45) is 1.42. The van der Waals surface area contributed by atoms with Crippen LogP contribution in [0.15, 0.2) is 24.3 Å². The van der Waals surface area contributed by atoms with Gasteiger partial charge in [-0.15, -0.1) is 12.4 Å². The summed E-state index contributed by atoms with van der Waals surface area (Å²) in [4.78, 5) is 28.7. The number of halogens is 2. The van der Waals surface area contributed by atoms with Crippen LogP contribution in [0, 0.1) is 11.2 Å². The van der Waals surface area contributed by atoms with Gasteiger partial charge >= 0.3 is 0 Å². The molecule has 2 N–H and O–H groups in total. The van der Waals surface area contributed by atoms with Crippen LogP contribution in [-0.4, -0.2) is 54.3 Å². The third kappa shape index (κ3) is 4.50. The smallest absolute Gasteiger partial charge is 0.254 e. The molecule has 0 aliphatic carbocycles. The molecule has 1 aromatic rings. The molecule has 1 fully saturated rings. The SMILES string of the molecule is CCC(CC)(CN)C(=O)N1CCN(C(=O)c2cccc(F)c2)CC1.Cl. The van der Waals surface area contributed by atoms with E-state index in [-0.39, 0.29) is 24.2 Å². The van der Waals surface area contributed by atoms with Crippen LogP contribution in [0.3, 0.4) is 0 Å². The van der Waals surface area contributed by atoms with Crippen molar-refractivity contribution < 1.29 is 14.0 Å². The Morgan fingerprint density at radius 2 is 1.68 bits per heavy atom. The van der Waals surface area contributed by atoms with Crippen LogP contribution in [0.4, 0.5) is 4.39 Å². The van der Waals surface area contributed by atoms with Crippen LogP contribution < -0.4 is 5.73 Å². The van der Waals surface area contributed by atoms with Gasteiger partial charge in [-0.25, -0.2) is 4.39 Å². The van der Waals surface area contributed by atoms with Crippen LogP contribution in [0.5, 0.6) is 0 Å². The van der Waals surface area contributed by atoms with Crippen molar-refractivity contribution >= 4 is 24.2 Å². The van der Waals surface area contributed by atoms with Gasteiger partial charge in [-0.3, -0.25) is 9.59 Å². The van der Waals surface area contributed by atoms with Crippen LogP contribution in [0.2, 0.25) is 0 Å². The van der Waals surface area contributed by atoms with Crippen molar-refractivity contribution in [3.05, 3.63) is 35.6 Å². The maximum atomic E-state index is 13.3. The number of carbonyl (C=O) groups excluding carboxylic acids is 2. The van der Waals surface area contributed by atoms with E-state index < -0.39 is 11.2 Å². The van der Waals surface area contributed by atoms with Crippen molar-refractivity contribution in [2.45, 2.75) is 26.7 Å². The highest BCUT2D eigenvalue weighted by atomic mass is 35.5. The fourth-order valence-corrected chi connectivity index (χ4v) is 3.18. The number of hydrogen-bond donors (Lipinski definition) is 1. The van der Waals surface area contributed by atoms with E-state index in [0.717, 1.165) is 0 Å². The average molecular weight is 372 g/mol. The lowest BCUT2D eigenvalue weighted by molar-refractivity contribution is -0.143. The molecule has 0 radical (unpaired) electrons. The normalized spacial score (nSPS) is 14.9. The lowest BCUT2D eigenvalue weighted by Gasteiger charge is -2.40. The fourth-order valence-electron chi connectivity index (χ4n) is 3.18. The molecule has 140 valence electrons. The fraction of sp³-hybridized carbons (Fsp3) is 0.556. The number of benzene rings is 1. The molecule has 7 heteroatoms. The molecule has 2 amide bonds. The topological polar surface area (TPSA) is 66.6 Å². The summed E-state index contributed by atoms with van der Waals surface area (Å²) in [6, 6.07) is 5.69. The lowest BCUT2D eigenvalue weighted by Crippen LogP contribution is -2.55. The predicted octanol–water partition coefficient (Wildman–Crippen LogP) is 2.30. The molecule has 25 heavy (non-hydrogen) atoms. The minimum absolute atomic E-state index is 0. The molecule has 0 saturated carbocycles. The summed E-state index contributed by atoms with van der Waals surface area (Å²) in [5, 5.41) is 0. The van der Waals surface area contributed by atoms with Crippen molar-refractivity contribution in [2.24, 2.45) is 11.1 Å². The maximum absolute atomic E-state index is 13.3. The minimum atomic E-state index is -0.505. The molecule has 0 unspecified atom stereocenters. The first-order chi connectivity index (χ1) is 11.5. The molecule has 0 atom stereocenters. The van der Waals surface area contributed by atoms with Gasteiger partial charge in [-0.1, -0.05) is 19.9 Å². The van der Waals surface area contributed by atoms with Gasteiger partial charge < -0.3 is 15.5 Å². The second kappa shape index (κ2) is 9.15. The molecule has 1 aliphatic heterocycles. The first-order valence-corrected chi connectivity index (χ1v) is 8.51. The number of hydrogen-bond acceptors (Lipinski definition) is 3. The van der Waals surface area contributed by atoms with E-state index in [4.69, 9.17) is 5.73 Å². The second-order valence-corrected chi connectivity index (χ2v) is 6.29. The first kappa shape index (κ1) is 21.4. The molecule has 5 nitrogen and oxygen atoms in total. The van der Waals surface area contributed by atoms with E-state index in [1.807, 2.05) is 13.8 Å². The van der Waals surface area contributed by atoms with Gasteiger partial charge in [0.2, 0.25) is 5.91 Å². The van der Waals surface area contributed by atoms with Crippen molar-refractivity contribution in [1.82, 2.24) is 9.80 Å². The molecule has 0 bridgehead atoms. The van der Waals surface area contributed by atoms with Gasteiger partial charge in [0, 0.05) is 38.3 Å². The van der Waals surface area contributed by atoms with Crippen molar-refractivity contribution in [3.8, 4) is 0 Å². The number of amides is 2. The molecule has 0 aromatic heterocycles. The Morgan fingerprint density at radius 1 is 1.12 bits per heavy atom. The standard InChI is InChI=1S/C18H26FN3O2.ClH/c1-3-18(4-2,13-20)17(24)22-10-8-21(9-11-22)16(23)14-6-5-7-15(19)12-14;/h5-7,12H,3-4,8-11,13,20H2,1-2H3;1H. The summed E-state index contributed by atoms with van der Waals surface area (Å²) in [6.45, 7) is 6.19. The third-order valence-electron chi connectivity index (χ3n) is 5.12.